The fourth-order valence-corrected chi connectivity index (χ4v) is 2.53. The van der Waals surface area contributed by atoms with Crippen molar-refractivity contribution in [2.45, 2.75) is 27.7 Å². The quantitative estimate of drug-likeness (QED) is 0.674. The third-order valence-electron chi connectivity index (χ3n) is 3.60. The van der Waals surface area contributed by atoms with Gasteiger partial charge in [0.1, 0.15) is 0 Å². The van der Waals surface area contributed by atoms with E-state index < -0.39 is 0 Å². The summed E-state index contributed by atoms with van der Waals surface area (Å²) in [6, 6.07) is 0. The molecule has 0 saturated carbocycles. The Morgan fingerprint density at radius 3 is 1.39 bits per heavy atom. The molecule has 2 aliphatic rings. The van der Waals surface area contributed by atoms with Crippen molar-refractivity contribution in [2.75, 3.05) is 65.4 Å². The van der Waals surface area contributed by atoms with Crippen LogP contribution in [0.25, 0.3) is 0 Å². The number of hydrogen-bond donors (Lipinski definition) is 2. The first-order valence-corrected chi connectivity index (χ1v) is 6.81. The number of fused-ring (bicyclic) bond motifs is 3. The minimum absolute atomic E-state index is 0. The molecule has 0 radical (unpaired) electrons. The highest BCUT2D eigenvalue weighted by Crippen LogP contribution is 1.99. The van der Waals surface area contributed by atoms with E-state index in [1.165, 1.54) is 65.2 Å². The molecular weight excluding hydrogens is 224 g/mol. The molecule has 2 aliphatic heterocycles. The van der Waals surface area contributed by atoms with E-state index >= 15 is 0 Å². The van der Waals surface area contributed by atoms with Crippen LogP contribution in [-0.2, 0) is 0 Å². The van der Waals surface area contributed by atoms with E-state index in [1.54, 1.807) is 0 Å². The second-order valence-corrected chi connectivity index (χ2v) is 4.89. The van der Waals surface area contributed by atoms with Crippen LogP contribution in [0.5, 0.6) is 0 Å². The highest BCUT2D eigenvalue weighted by molar-refractivity contribution is 4.70. The average Bonchev–Trinajstić information content (AvgIpc) is 2.33. The van der Waals surface area contributed by atoms with Crippen LogP contribution in [0, 0.1) is 0 Å². The van der Waals surface area contributed by atoms with Crippen LogP contribution in [0.3, 0.4) is 0 Å². The second kappa shape index (κ2) is 10.7. The van der Waals surface area contributed by atoms with Crippen LogP contribution < -0.4 is 10.6 Å². The number of hydrogen-bond acceptors (Lipinski definition) is 4. The molecular formula is C14H34N4. The second-order valence-electron chi connectivity index (χ2n) is 4.89. The van der Waals surface area contributed by atoms with Crippen molar-refractivity contribution in [2.24, 2.45) is 0 Å². The van der Waals surface area contributed by atoms with E-state index in [2.05, 4.69) is 20.4 Å². The van der Waals surface area contributed by atoms with Crippen molar-refractivity contribution in [3.63, 3.8) is 0 Å². The van der Waals surface area contributed by atoms with Crippen LogP contribution in [-0.4, -0.2) is 75.2 Å². The molecule has 2 N–H and O–H groups in total. The minimum Gasteiger partial charge on any atom is -0.315 e. The Hall–Kier alpha value is -0.160. The van der Waals surface area contributed by atoms with Gasteiger partial charge in [-0.2, -0.15) is 0 Å². The predicted octanol–water partition coefficient (Wildman–Crippen LogP) is 0.849. The monoisotopic (exact) mass is 258 g/mol. The SMILES string of the molecule is C.C.C1CNCCN2CCCNCCN(C1)CC2. The summed E-state index contributed by atoms with van der Waals surface area (Å²) in [4.78, 5) is 5.22. The topological polar surface area (TPSA) is 30.5 Å². The van der Waals surface area contributed by atoms with Gasteiger partial charge in [0.15, 0.2) is 0 Å². The standard InChI is InChI=1S/C12H26N4.2CH4/c1-3-13-5-10-16-8-2-4-14-6-9-15(7-1)11-12-16;;/h13-14H,1-12H2;2*1H4. The molecule has 0 amide bonds. The zero-order valence-electron chi connectivity index (χ0n) is 10.4. The normalized spacial score (nSPS) is 30.7. The molecule has 2 fully saturated rings. The van der Waals surface area contributed by atoms with E-state index in [1.807, 2.05) is 0 Å². The maximum atomic E-state index is 3.54. The Morgan fingerprint density at radius 2 is 0.944 bits per heavy atom. The molecule has 18 heavy (non-hydrogen) atoms. The van der Waals surface area contributed by atoms with Crippen molar-refractivity contribution < 1.29 is 0 Å². The van der Waals surface area contributed by atoms with Crippen LogP contribution in [0.2, 0.25) is 0 Å². The Kier molecular flexibility index (Phi) is 10.6. The van der Waals surface area contributed by atoms with Gasteiger partial charge in [-0.1, -0.05) is 14.9 Å². The van der Waals surface area contributed by atoms with Gasteiger partial charge in [-0.15, -0.1) is 0 Å². The smallest absolute Gasteiger partial charge is 0.0110 e. The summed E-state index contributed by atoms with van der Waals surface area (Å²) in [6.45, 7) is 12.1. The summed E-state index contributed by atoms with van der Waals surface area (Å²) in [5, 5.41) is 7.08. The lowest BCUT2D eigenvalue weighted by molar-refractivity contribution is 0.184. The first kappa shape index (κ1) is 17.8. The summed E-state index contributed by atoms with van der Waals surface area (Å²) in [7, 11) is 0. The Labute approximate surface area is 114 Å². The largest absolute Gasteiger partial charge is 0.315 e. The molecule has 0 aromatic heterocycles. The molecule has 4 nitrogen and oxygen atoms in total. The molecule has 0 aliphatic carbocycles. The van der Waals surface area contributed by atoms with Gasteiger partial charge in [-0.3, -0.25) is 0 Å². The van der Waals surface area contributed by atoms with Gasteiger partial charge >= 0.3 is 0 Å². The van der Waals surface area contributed by atoms with Gasteiger partial charge in [0.2, 0.25) is 0 Å². The van der Waals surface area contributed by atoms with Crippen molar-refractivity contribution in [1.82, 2.24) is 20.4 Å². The van der Waals surface area contributed by atoms with E-state index in [-0.39, 0.29) is 14.9 Å². The maximum Gasteiger partial charge on any atom is 0.0110 e. The van der Waals surface area contributed by atoms with Gasteiger partial charge in [0.25, 0.3) is 0 Å². The third-order valence-corrected chi connectivity index (χ3v) is 3.60. The van der Waals surface area contributed by atoms with Crippen molar-refractivity contribution >= 4 is 0 Å². The average molecular weight is 258 g/mol. The summed E-state index contributed by atoms with van der Waals surface area (Å²) in [5.41, 5.74) is 0. The molecule has 110 valence electrons. The van der Waals surface area contributed by atoms with E-state index in [4.69, 9.17) is 0 Å². The highest BCUT2D eigenvalue weighted by atomic mass is 15.2. The van der Waals surface area contributed by atoms with Gasteiger partial charge in [0.05, 0.1) is 0 Å². The number of rotatable bonds is 0. The van der Waals surface area contributed by atoms with Crippen LogP contribution in [0.1, 0.15) is 27.7 Å². The molecule has 0 aromatic rings. The van der Waals surface area contributed by atoms with Gasteiger partial charge < -0.3 is 20.4 Å². The van der Waals surface area contributed by atoms with Crippen LogP contribution in [0.4, 0.5) is 0 Å². The molecule has 2 bridgehead atoms. The number of nitrogens with zero attached hydrogens (tertiary/aromatic N) is 2. The van der Waals surface area contributed by atoms with Gasteiger partial charge in [0, 0.05) is 39.3 Å². The van der Waals surface area contributed by atoms with E-state index in [0.29, 0.717) is 0 Å². The van der Waals surface area contributed by atoms with Gasteiger partial charge in [-0.25, -0.2) is 0 Å². The molecule has 4 heteroatoms. The third kappa shape index (κ3) is 6.69. The molecule has 0 spiro atoms. The lowest BCUT2D eigenvalue weighted by Crippen LogP contribution is -2.45. The lowest BCUT2D eigenvalue weighted by atomic mass is 10.2. The fourth-order valence-electron chi connectivity index (χ4n) is 2.53. The molecule has 0 aromatic carbocycles. The van der Waals surface area contributed by atoms with Crippen molar-refractivity contribution in [1.29, 1.82) is 0 Å². The summed E-state index contributed by atoms with van der Waals surface area (Å²) in [6.07, 6.45) is 2.58. The fraction of sp³-hybridized carbons (Fsp3) is 1.00. The van der Waals surface area contributed by atoms with Gasteiger partial charge in [-0.05, 0) is 39.0 Å². The summed E-state index contributed by atoms with van der Waals surface area (Å²) in [5.74, 6) is 0. The molecule has 2 unspecified atom stereocenters. The zero-order chi connectivity index (χ0) is 11.1. The molecule has 2 saturated heterocycles. The van der Waals surface area contributed by atoms with Crippen molar-refractivity contribution in [3.8, 4) is 0 Å². The van der Waals surface area contributed by atoms with E-state index in [0.717, 1.165) is 13.1 Å². The van der Waals surface area contributed by atoms with Crippen LogP contribution in [0.15, 0.2) is 0 Å². The van der Waals surface area contributed by atoms with Crippen molar-refractivity contribution in [3.05, 3.63) is 0 Å². The molecule has 2 atom stereocenters. The molecule has 2 rings (SSSR count). The lowest BCUT2D eigenvalue weighted by Gasteiger charge is -2.30. The first-order valence-electron chi connectivity index (χ1n) is 6.81. The number of nitrogens with one attached hydrogen (secondary N) is 2. The first-order chi connectivity index (χ1) is 7.95. The maximum absolute atomic E-state index is 3.54. The summed E-state index contributed by atoms with van der Waals surface area (Å²) >= 11 is 0. The van der Waals surface area contributed by atoms with Crippen LogP contribution >= 0.6 is 0 Å². The molecule has 2 heterocycles. The predicted molar refractivity (Wildman–Crippen MR) is 81.3 cm³/mol. The summed E-state index contributed by atoms with van der Waals surface area (Å²) < 4.78 is 0. The minimum atomic E-state index is 0. The Balaban J connectivity index is 0.00000144. The zero-order valence-corrected chi connectivity index (χ0v) is 10.4. The highest BCUT2D eigenvalue weighted by Gasteiger charge is 2.12. The Morgan fingerprint density at radius 1 is 0.500 bits per heavy atom. The van der Waals surface area contributed by atoms with E-state index in [9.17, 15) is 0 Å². The Bertz CT molecular complexity index is 151.